The van der Waals surface area contributed by atoms with E-state index in [1.165, 1.54) is 20.0 Å². The first-order valence-electron chi connectivity index (χ1n) is 7.12. The van der Waals surface area contributed by atoms with Crippen molar-refractivity contribution in [3.8, 4) is 5.75 Å². The van der Waals surface area contributed by atoms with Gasteiger partial charge in [-0.25, -0.2) is 0 Å². The molecule has 0 radical (unpaired) electrons. The molecule has 0 aliphatic carbocycles. The number of hydrogen-bond acceptors (Lipinski definition) is 1. The highest BCUT2D eigenvalue weighted by atomic mass is 127. The zero-order valence-corrected chi connectivity index (χ0v) is 14.4. The minimum Gasteiger partial charge on any atom is -0.489 e. The molecule has 1 heterocycles. The van der Waals surface area contributed by atoms with Crippen LogP contribution in [0, 0.1) is 3.57 Å². The Balaban J connectivity index is 1.86. The minimum atomic E-state index is 0.465. The molecule has 0 saturated heterocycles. The summed E-state index contributed by atoms with van der Waals surface area (Å²) in [6, 6.07) is 17.1. The lowest BCUT2D eigenvalue weighted by Crippen LogP contribution is -1.98. The van der Waals surface area contributed by atoms with Crippen LogP contribution in [0.25, 0.3) is 10.9 Å². The Bertz CT molecular complexity index is 747. The zero-order chi connectivity index (χ0) is 14.8. The number of ether oxygens (including phenoxy) is 1. The molecule has 3 heteroatoms. The average molecular weight is 391 g/mol. The summed E-state index contributed by atoms with van der Waals surface area (Å²) in [4.78, 5) is 0. The summed E-state index contributed by atoms with van der Waals surface area (Å²) in [6.07, 6.45) is 2.21. The molecule has 0 saturated carbocycles. The monoisotopic (exact) mass is 391 g/mol. The average Bonchev–Trinajstić information content (AvgIpc) is 2.83. The van der Waals surface area contributed by atoms with Crippen LogP contribution in [0.5, 0.6) is 5.75 Å². The number of halogens is 1. The van der Waals surface area contributed by atoms with Crippen molar-refractivity contribution in [1.82, 2.24) is 4.57 Å². The first-order valence-corrected chi connectivity index (χ1v) is 8.20. The molecule has 0 aliphatic rings. The second kappa shape index (κ2) is 6.10. The topological polar surface area (TPSA) is 14.2 Å². The summed E-state index contributed by atoms with van der Waals surface area (Å²) in [7, 11) is 0. The molecule has 3 aromatic rings. The Kier molecular flexibility index (Phi) is 4.19. The van der Waals surface area contributed by atoms with Gasteiger partial charge in [0.25, 0.3) is 0 Å². The van der Waals surface area contributed by atoms with Crippen molar-refractivity contribution in [2.75, 3.05) is 0 Å². The van der Waals surface area contributed by atoms with Gasteiger partial charge in [-0.05, 0) is 60.2 Å². The predicted molar refractivity (Wildman–Crippen MR) is 95.8 cm³/mol. The lowest BCUT2D eigenvalue weighted by atomic mass is 10.2. The molecular formula is C18H18INO. The molecule has 0 unspecified atom stereocenters. The largest absolute Gasteiger partial charge is 0.489 e. The van der Waals surface area contributed by atoms with Gasteiger partial charge < -0.3 is 9.30 Å². The van der Waals surface area contributed by atoms with Crippen LogP contribution in [-0.2, 0) is 6.61 Å². The maximum absolute atomic E-state index is 5.91. The van der Waals surface area contributed by atoms with Gasteiger partial charge in [0, 0.05) is 26.7 Å². The first kappa shape index (κ1) is 14.4. The van der Waals surface area contributed by atoms with Crippen LogP contribution in [0.1, 0.15) is 25.5 Å². The SMILES string of the molecule is CC(C)n1cc(I)c2cc(OCc3ccccc3)ccc21. The van der Waals surface area contributed by atoms with E-state index in [9.17, 15) is 0 Å². The molecule has 2 aromatic carbocycles. The Morgan fingerprint density at radius 1 is 1.10 bits per heavy atom. The molecule has 0 amide bonds. The van der Waals surface area contributed by atoms with E-state index in [1.807, 2.05) is 18.2 Å². The molecule has 0 N–H and O–H groups in total. The molecule has 0 aliphatic heterocycles. The Morgan fingerprint density at radius 2 is 1.86 bits per heavy atom. The molecule has 0 bridgehead atoms. The maximum atomic E-state index is 5.91. The Hall–Kier alpha value is -1.49. The van der Waals surface area contributed by atoms with Gasteiger partial charge in [-0.2, -0.15) is 0 Å². The summed E-state index contributed by atoms with van der Waals surface area (Å²) in [5.74, 6) is 0.922. The number of benzene rings is 2. The molecule has 21 heavy (non-hydrogen) atoms. The van der Waals surface area contributed by atoms with Crippen molar-refractivity contribution in [3.63, 3.8) is 0 Å². The quantitative estimate of drug-likeness (QED) is 0.543. The van der Waals surface area contributed by atoms with E-state index in [2.05, 4.69) is 77.5 Å². The second-order valence-corrected chi connectivity index (χ2v) is 6.59. The minimum absolute atomic E-state index is 0.465. The molecule has 108 valence electrons. The summed E-state index contributed by atoms with van der Waals surface area (Å²) >= 11 is 2.39. The van der Waals surface area contributed by atoms with E-state index in [4.69, 9.17) is 4.74 Å². The Morgan fingerprint density at radius 3 is 2.57 bits per heavy atom. The van der Waals surface area contributed by atoms with Gasteiger partial charge in [-0.3, -0.25) is 0 Å². The highest BCUT2D eigenvalue weighted by molar-refractivity contribution is 14.1. The van der Waals surface area contributed by atoms with Gasteiger partial charge in [-0.1, -0.05) is 30.3 Å². The summed E-state index contributed by atoms with van der Waals surface area (Å²) in [5, 5.41) is 1.26. The smallest absolute Gasteiger partial charge is 0.120 e. The van der Waals surface area contributed by atoms with Gasteiger partial charge in [0.2, 0.25) is 0 Å². The van der Waals surface area contributed by atoms with E-state index in [1.54, 1.807) is 0 Å². The third-order valence-corrected chi connectivity index (χ3v) is 4.42. The fourth-order valence-electron chi connectivity index (χ4n) is 2.45. The van der Waals surface area contributed by atoms with E-state index >= 15 is 0 Å². The van der Waals surface area contributed by atoms with Gasteiger partial charge in [-0.15, -0.1) is 0 Å². The second-order valence-electron chi connectivity index (χ2n) is 5.43. The summed E-state index contributed by atoms with van der Waals surface area (Å²) in [5.41, 5.74) is 2.45. The van der Waals surface area contributed by atoms with Gasteiger partial charge in [0.1, 0.15) is 12.4 Å². The molecule has 0 spiro atoms. The number of fused-ring (bicyclic) bond motifs is 1. The molecule has 0 fully saturated rings. The summed E-state index contributed by atoms with van der Waals surface area (Å²) in [6.45, 7) is 5.01. The predicted octanol–water partition coefficient (Wildman–Crippen LogP) is 5.41. The van der Waals surface area contributed by atoms with Crippen LogP contribution in [0.4, 0.5) is 0 Å². The third-order valence-electron chi connectivity index (χ3n) is 3.56. The van der Waals surface area contributed by atoms with Crippen LogP contribution < -0.4 is 4.74 Å². The van der Waals surface area contributed by atoms with Crippen LogP contribution in [-0.4, -0.2) is 4.57 Å². The van der Waals surface area contributed by atoms with Crippen LogP contribution in [0.2, 0.25) is 0 Å². The standard InChI is InChI=1S/C18H18INO/c1-13(2)20-11-17(19)16-10-15(8-9-18(16)20)21-12-14-6-4-3-5-7-14/h3-11,13H,12H2,1-2H3. The lowest BCUT2D eigenvalue weighted by Gasteiger charge is -2.10. The van der Waals surface area contributed by atoms with Gasteiger partial charge >= 0.3 is 0 Å². The van der Waals surface area contributed by atoms with Crippen molar-refractivity contribution in [1.29, 1.82) is 0 Å². The lowest BCUT2D eigenvalue weighted by molar-refractivity contribution is 0.306. The number of rotatable bonds is 4. The van der Waals surface area contributed by atoms with Crippen molar-refractivity contribution in [2.45, 2.75) is 26.5 Å². The summed E-state index contributed by atoms with van der Waals surface area (Å²) < 4.78 is 9.48. The molecule has 0 atom stereocenters. The van der Waals surface area contributed by atoms with Crippen molar-refractivity contribution in [2.24, 2.45) is 0 Å². The molecule has 1 aromatic heterocycles. The van der Waals surface area contributed by atoms with Crippen molar-refractivity contribution in [3.05, 3.63) is 63.9 Å². The van der Waals surface area contributed by atoms with E-state index in [-0.39, 0.29) is 0 Å². The Labute approximate surface area is 138 Å². The molecule has 3 rings (SSSR count). The van der Waals surface area contributed by atoms with Gasteiger partial charge in [0.05, 0.1) is 0 Å². The highest BCUT2D eigenvalue weighted by Crippen LogP contribution is 2.29. The highest BCUT2D eigenvalue weighted by Gasteiger charge is 2.09. The fraction of sp³-hybridized carbons (Fsp3) is 0.222. The van der Waals surface area contributed by atoms with Crippen molar-refractivity contribution < 1.29 is 4.74 Å². The molecule has 2 nitrogen and oxygen atoms in total. The number of aromatic nitrogens is 1. The maximum Gasteiger partial charge on any atom is 0.120 e. The first-order chi connectivity index (χ1) is 10.1. The van der Waals surface area contributed by atoms with Crippen LogP contribution in [0.15, 0.2) is 54.7 Å². The molecular weight excluding hydrogens is 373 g/mol. The zero-order valence-electron chi connectivity index (χ0n) is 12.2. The number of nitrogens with zero attached hydrogens (tertiary/aromatic N) is 1. The van der Waals surface area contributed by atoms with Crippen LogP contribution >= 0.6 is 22.6 Å². The normalized spacial score (nSPS) is 11.2. The van der Waals surface area contributed by atoms with Crippen LogP contribution in [0.3, 0.4) is 0 Å². The van der Waals surface area contributed by atoms with E-state index in [0.29, 0.717) is 12.6 Å². The third kappa shape index (κ3) is 3.07. The fourth-order valence-corrected chi connectivity index (χ4v) is 3.18. The number of hydrogen-bond donors (Lipinski definition) is 0. The van der Waals surface area contributed by atoms with E-state index in [0.717, 1.165) is 5.75 Å². The van der Waals surface area contributed by atoms with Gasteiger partial charge in [0.15, 0.2) is 0 Å². The van der Waals surface area contributed by atoms with Crippen molar-refractivity contribution >= 4 is 33.5 Å². The van der Waals surface area contributed by atoms with E-state index < -0.39 is 0 Å².